The molecule has 0 fully saturated rings. The van der Waals surface area contributed by atoms with E-state index in [1.165, 1.54) is 41.3 Å². The standard InChI is InChI=1S/C15H8F3N5OS2/c16-15(17,18)24-9-2-1-3-10(6-9)26-13-5-4-12-20-21-14(23(12)22-13)11-7-19-8-25-11/h1-8H. The summed E-state index contributed by atoms with van der Waals surface area (Å²) in [6.07, 6.45) is -3.06. The van der Waals surface area contributed by atoms with E-state index in [1.807, 2.05) is 0 Å². The molecule has 26 heavy (non-hydrogen) atoms. The molecule has 3 aromatic heterocycles. The molecular weight excluding hydrogens is 387 g/mol. The summed E-state index contributed by atoms with van der Waals surface area (Å²) in [6, 6.07) is 9.18. The van der Waals surface area contributed by atoms with Gasteiger partial charge in [-0.2, -0.15) is 9.61 Å². The Bertz CT molecular complexity index is 1050. The van der Waals surface area contributed by atoms with Crippen LogP contribution in [0.15, 0.2) is 58.0 Å². The minimum Gasteiger partial charge on any atom is -0.406 e. The van der Waals surface area contributed by atoms with Gasteiger partial charge in [0.05, 0.1) is 10.4 Å². The summed E-state index contributed by atoms with van der Waals surface area (Å²) in [6.45, 7) is 0. The van der Waals surface area contributed by atoms with Crippen molar-refractivity contribution < 1.29 is 17.9 Å². The van der Waals surface area contributed by atoms with Gasteiger partial charge >= 0.3 is 6.36 Å². The van der Waals surface area contributed by atoms with Crippen molar-refractivity contribution in [3.05, 3.63) is 48.1 Å². The number of hydrogen-bond acceptors (Lipinski definition) is 7. The molecule has 0 unspecified atom stereocenters. The van der Waals surface area contributed by atoms with E-state index >= 15 is 0 Å². The lowest BCUT2D eigenvalue weighted by atomic mass is 10.3. The molecule has 0 N–H and O–H groups in total. The van der Waals surface area contributed by atoms with Gasteiger partial charge < -0.3 is 4.74 Å². The SMILES string of the molecule is FC(F)(F)Oc1cccc(Sc2ccc3nnc(-c4cncs4)n3n2)c1. The number of fused-ring (bicyclic) bond motifs is 1. The molecule has 0 amide bonds. The zero-order valence-corrected chi connectivity index (χ0v) is 14.3. The highest BCUT2D eigenvalue weighted by atomic mass is 32.2. The molecule has 6 nitrogen and oxygen atoms in total. The number of aromatic nitrogens is 5. The van der Waals surface area contributed by atoms with Crippen LogP contribution in [0.4, 0.5) is 13.2 Å². The number of halogens is 3. The summed E-state index contributed by atoms with van der Waals surface area (Å²) in [5, 5.41) is 13.2. The third kappa shape index (κ3) is 3.63. The highest BCUT2D eigenvalue weighted by Crippen LogP contribution is 2.31. The van der Waals surface area contributed by atoms with E-state index in [2.05, 4.69) is 25.0 Å². The minimum atomic E-state index is -4.73. The molecule has 0 atom stereocenters. The molecule has 0 aliphatic heterocycles. The molecule has 0 aliphatic rings. The van der Waals surface area contributed by atoms with Gasteiger partial charge in [-0.1, -0.05) is 17.8 Å². The first-order valence-corrected chi connectivity index (χ1v) is 8.82. The summed E-state index contributed by atoms with van der Waals surface area (Å²) in [5.74, 6) is 0.275. The van der Waals surface area contributed by atoms with Gasteiger partial charge in [-0.25, -0.2) is 0 Å². The van der Waals surface area contributed by atoms with Gasteiger partial charge in [0.1, 0.15) is 10.8 Å². The third-order valence-electron chi connectivity index (χ3n) is 3.15. The number of alkyl halides is 3. The van der Waals surface area contributed by atoms with E-state index in [9.17, 15) is 13.2 Å². The fourth-order valence-electron chi connectivity index (χ4n) is 2.16. The Morgan fingerprint density at radius 1 is 1.12 bits per heavy atom. The van der Waals surface area contributed by atoms with Crippen LogP contribution in [0.1, 0.15) is 0 Å². The average molecular weight is 395 g/mol. The lowest BCUT2D eigenvalue weighted by molar-refractivity contribution is -0.274. The van der Waals surface area contributed by atoms with E-state index in [-0.39, 0.29) is 5.75 Å². The van der Waals surface area contributed by atoms with Gasteiger partial charge in [0.15, 0.2) is 11.5 Å². The number of hydrogen-bond donors (Lipinski definition) is 0. The van der Waals surface area contributed by atoms with E-state index < -0.39 is 6.36 Å². The van der Waals surface area contributed by atoms with Crippen molar-refractivity contribution >= 4 is 28.7 Å². The number of rotatable bonds is 4. The largest absolute Gasteiger partial charge is 0.573 e. The number of thiazole rings is 1. The van der Waals surface area contributed by atoms with Gasteiger partial charge in [-0.3, -0.25) is 4.98 Å². The number of benzene rings is 1. The molecule has 11 heteroatoms. The number of ether oxygens (including phenoxy) is 1. The molecule has 1 aromatic carbocycles. The molecule has 132 valence electrons. The monoisotopic (exact) mass is 395 g/mol. The first-order chi connectivity index (χ1) is 12.5. The molecule has 0 aliphatic carbocycles. The van der Waals surface area contributed by atoms with Crippen molar-refractivity contribution in [1.82, 2.24) is 24.8 Å². The van der Waals surface area contributed by atoms with Gasteiger partial charge in [0.2, 0.25) is 0 Å². The van der Waals surface area contributed by atoms with Crippen LogP contribution in [-0.4, -0.2) is 31.2 Å². The Kier molecular flexibility index (Phi) is 4.24. The van der Waals surface area contributed by atoms with E-state index in [4.69, 9.17) is 0 Å². The van der Waals surface area contributed by atoms with Crippen molar-refractivity contribution in [3.63, 3.8) is 0 Å². The maximum absolute atomic E-state index is 12.4. The highest BCUT2D eigenvalue weighted by molar-refractivity contribution is 7.99. The molecule has 0 radical (unpaired) electrons. The van der Waals surface area contributed by atoms with Crippen LogP contribution < -0.4 is 4.74 Å². The fraction of sp³-hybridized carbons (Fsp3) is 0.0667. The normalized spacial score (nSPS) is 11.8. The summed E-state index contributed by atoms with van der Waals surface area (Å²) in [5.41, 5.74) is 2.24. The van der Waals surface area contributed by atoms with Crippen LogP contribution in [0, 0.1) is 0 Å². The Hall–Kier alpha value is -2.66. The van der Waals surface area contributed by atoms with Crippen molar-refractivity contribution in [3.8, 4) is 16.5 Å². The Balaban J connectivity index is 1.64. The molecule has 4 aromatic rings. The molecule has 0 saturated heterocycles. The summed E-state index contributed by atoms with van der Waals surface area (Å²) in [4.78, 5) is 5.39. The van der Waals surface area contributed by atoms with Crippen LogP contribution in [0.2, 0.25) is 0 Å². The van der Waals surface area contributed by atoms with Gasteiger partial charge in [0.25, 0.3) is 0 Å². The van der Waals surface area contributed by atoms with Gasteiger partial charge in [0, 0.05) is 11.1 Å². The third-order valence-corrected chi connectivity index (χ3v) is 4.84. The Morgan fingerprint density at radius 3 is 2.77 bits per heavy atom. The summed E-state index contributed by atoms with van der Waals surface area (Å²) in [7, 11) is 0. The number of nitrogens with zero attached hydrogens (tertiary/aromatic N) is 5. The van der Waals surface area contributed by atoms with Crippen molar-refractivity contribution in [1.29, 1.82) is 0 Å². The fourth-order valence-corrected chi connectivity index (χ4v) is 3.57. The van der Waals surface area contributed by atoms with Crippen LogP contribution in [-0.2, 0) is 0 Å². The molecule has 0 saturated carbocycles. The van der Waals surface area contributed by atoms with E-state index in [1.54, 1.807) is 34.4 Å². The zero-order chi connectivity index (χ0) is 18.1. The van der Waals surface area contributed by atoms with Crippen LogP contribution in [0.5, 0.6) is 5.75 Å². The van der Waals surface area contributed by atoms with Crippen LogP contribution in [0.25, 0.3) is 16.3 Å². The summed E-state index contributed by atoms with van der Waals surface area (Å²) >= 11 is 2.61. The van der Waals surface area contributed by atoms with Crippen molar-refractivity contribution in [2.45, 2.75) is 16.3 Å². The first kappa shape index (κ1) is 16.8. The maximum Gasteiger partial charge on any atom is 0.573 e. The quantitative estimate of drug-likeness (QED) is 0.513. The topological polar surface area (TPSA) is 65.2 Å². The second kappa shape index (κ2) is 6.57. The molecular formula is C15H8F3N5OS2. The second-order valence-corrected chi connectivity index (χ2v) is 6.94. The first-order valence-electron chi connectivity index (χ1n) is 7.13. The van der Waals surface area contributed by atoms with Crippen LogP contribution >= 0.6 is 23.1 Å². The molecule has 0 bridgehead atoms. The molecule has 0 spiro atoms. The minimum absolute atomic E-state index is 0.279. The van der Waals surface area contributed by atoms with Crippen molar-refractivity contribution in [2.24, 2.45) is 0 Å². The maximum atomic E-state index is 12.4. The predicted molar refractivity (Wildman–Crippen MR) is 89.1 cm³/mol. The van der Waals surface area contributed by atoms with E-state index in [0.29, 0.717) is 21.4 Å². The van der Waals surface area contributed by atoms with E-state index in [0.717, 1.165) is 4.88 Å². The average Bonchev–Trinajstić information content (AvgIpc) is 3.22. The van der Waals surface area contributed by atoms with Crippen molar-refractivity contribution in [2.75, 3.05) is 0 Å². The van der Waals surface area contributed by atoms with Crippen LogP contribution in [0.3, 0.4) is 0 Å². The second-order valence-electron chi connectivity index (χ2n) is 4.96. The Morgan fingerprint density at radius 2 is 2.00 bits per heavy atom. The smallest absolute Gasteiger partial charge is 0.406 e. The highest BCUT2D eigenvalue weighted by Gasteiger charge is 2.31. The zero-order valence-electron chi connectivity index (χ0n) is 12.7. The van der Waals surface area contributed by atoms with Gasteiger partial charge in [-0.15, -0.1) is 34.7 Å². The Labute approximate surface area is 152 Å². The summed E-state index contributed by atoms with van der Waals surface area (Å²) < 4.78 is 42.6. The van der Waals surface area contributed by atoms with Gasteiger partial charge in [-0.05, 0) is 30.3 Å². The lowest BCUT2D eigenvalue weighted by Gasteiger charge is -2.09. The molecule has 4 rings (SSSR count). The predicted octanol–water partition coefficient (Wildman–Crippen LogP) is 4.30. The lowest BCUT2D eigenvalue weighted by Crippen LogP contribution is -2.17. The molecule has 3 heterocycles.